The molecule has 0 aliphatic carbocycles. The minimum atomic E-state index is -1.04. The Morgan fingerprint density at radius 1 is 0.824 bits per heavy atom. The third kappa shape index (κ3) is 4.91. The molecule has 4 rings (SSSR count). The molecule has 8 heteroatoms. The van der Waals surface area contributed by atoms with Crippen LogP contribution in [0.1, 0.15) is 20.7 Å². The number of piperazine rings is 1. The summed E-state index contributed by atoms with van der Waals surface area (Å²) >= 11 is 0. The van der Waals surface area contributed by atoms with Crippen LogP contribution in [0.5, 0.6) is 11.5 Å². The second-order valence-electron chi connectivity index (χ2n) is 7.87. The second kappa shape index (κ2) is 10.2. The summed E-state index contributed by atoms with van der Waals surface area (Å²) < 4.78 is 10.6. The van der Waals surface area contributed by atoms with Gasteiger partial charge in [0.1, 0.15) is 11.5 Å². The average Bonchev–Trinajstić information content (AvgIpc) is 2.88. The molecule has 1 fully saturated rings. The molecule has 0 radical (unpaired) electrons. The highest BCUT2D eigenvalue weighted by molar-refractivity contribution is 6.05. The van der Waals surface area contributed by atoms with Crippen LogP contribution >= 0.6 is 0 Å². The Morgan fingerprint density at radius 3 is 2.09 bits per heavy atom. The number of methoxy groups -OCH3 is 2. The molecular formula is C26H27N3O5. The number of ether oxygens (including phenoxy) is 2. The number of carboxylic acid groups (broad SMARTS) is 1. The Kier molecular flexibility index (Phi) is 6.87. The molecule has 1 heterocycles. The van der Waals surface area contributed by atoms with Gasteiger partial charge in [-0.1, -0.05) is 12.1 Å². The van der Waals surface area contributed by atoms with E-state index in [2.05, 4.69) is 15.1 Å². The Labute approximate surface area is 198 Å². The molecule has 1 amide bonds. The maximum Gasteiger partial charge on any atom is 0.337 e. The van der Waals surface area contributed by atoms with E-state index >= 15 is 0 Å². The lowest BCUT2D eigenvalue weighted by Crippen LogP contribution is -2.47. The van der Waals surface area contributed by atoms with Gasteiger partial charge in [0, 0.05) is 37.4 Å². The number of benzene rings is 3. The van der Waals surface area contributed by atoms with Crippen molar-refractivity contribution in [2.45, 2.75) is 0 Å². The molecule has 2 N–H and O–H groups in total. The van der Waals surface area contributed by atoms with Crippen molar-refractivity contribution in [3.05, 3.63) is 77.9 Å². The van der Waals surface area contributed by atoms with Crippen LogP contribution in [0.25, 0.3) is 0 Å². The summed E-state index contributed by atoms with van der Waals surface area (Å²) in [6.45, 7) is 2.79. The van der Waals surface area contributed by atoms with Crippen LogP contribution in [0.3, 0.4) is 0 Å². The van der Waals surface area contributed by atoms with Crippen LogP contribution in [0.2, 0.25) is 0 Å². The SMILES string of the molecule is COc1ccc(C(=O)Nc2ccc(N3CCN(c4ccccc4OC)CC3)c(C(=O)O)c2)cc1. The lowest BCUT2D eigenvalue weighted by molar-refractivity contribution is 0.0697. The monoisotopic (exact) mass is 461 g/mol. The zero-order valence-electron chi connectivity index (χ0n) is 19.2. The van der Waals surface area contributed by atoms with Crippen molar-refractivity contribution in [1.82, 2.24) is 0 Å². The molecule has 0 saturated carbocycles. The topological polar surface area (TPSA) is 91.3 Å². The fraction of sp³-hybridized carbons (Fsp3) is 0.231. The lowest BCUT2D eigenvalue weighted by Gasteiger charge is -2.38. The highest BCUT2D eigenvalue weighted by Crippen LogP contribution is 2.31. The lowest BCUT2D eigenvalue weighted by atomic mass is 10.1. The van der Waals surface area contributed by atoms with Crippen LogP contribution in [0.4, 0.5) is 17.1 Å². The van der Waals surface area contributed by atoms with Crippen molar-refractivity contribution in [2.75, 3.05) is 55.5 Å². The molecule has 1 aliphatic heterocycles. The van der Waals surface area contributed by atoms with Crippen molar-refractivity contribution in [3.63, 3.8) is 0 Å². The van der Waals surface area contributed by atoms with Crippen molar-refractivity contribution in [3.8, 4) is 11.5 Å². The zero-order valence-corrected chi connectivity index (χ0v) is 19.2. The molecule has 3 aromatic rings. The Morgan fingerprint density at radius 2 is 1.47 bits per heavy atom. The number of nitrogens with one attached hydrogen (secondary N) is 1. The number of rotatable bonds is 7. The molecule has 0 bridgehead atoms. The van der Waals surface area contributed by atoms with Gasteiger partial charge in [-0.25, -0.2) is 4.79 Å². The highest BCUT2D eigenvalue weighted by Gasteiger charge is 2.23. The summed E-state index contributed by atoms with van der Waals surface area (Å²) in [7, 11) is 3.21. The number of aromatic carboxylic acids is 1. The van der Waals surface area contributed by atoms with Gasteiger partial charge in [-0.05, 0) is 54.6 Å². The average molecular weight is 462 g/mol. The predicted octanol–water partition coefficient (Wildman–Crippen LogP) is 3.98. The van der Waals surface area contributed by atoms with Gasteiger partial charge in [-0.3, -0.25) is 4.79 Å². The second-order valence-corrected chi connectivity index (χ2v) is 7.87. The fourth-order valence-electron chi connectivity index (χ4n) is 4.09. The van der Waals surface area contributed by atoms with Crippen molar-refractivity contribution in [2.24, 2.45) is 0 Å². The van der Waals surface area contributed by atoms with Crippen molar-refractivity contribution < 1.29 is 24.2 Å². The Balaban J connectivity index is 1.47. The van der Waals surface area contributed by atoms with Crippen LogP contribution in [-0.4, -0.2) is 57.4 Å². The number of carboxylic acids is 1. The third-order valence-corrected chi connectivity index (χ3v) is 5.88. The number of amides is 1. The van der Waals surface area contributed by atoms with E-state index < -0.39 is 5.97 Å². The van der Waals surface area contributed by atoms with Crippen LogP contribution in [-0.2, 0) is 0 Å². The first-order valence-corrected chi connectivity index (χ1v) is 11.0. The van der Waals surface area contributed by atoms with Crippen molar-refractivity contribution in [1.29, 1.82) is 0 Å². The number of carbonyl (C=O) groups excluding carboxylic acids is 1. The van der Waals surface area contributed by atoms with Gasteiger partial charge in [0.25, 0.3) is 5.91 Å². The standard InChI is InChI=1S/C26H27N3O5/c1-33-20-10-7-18(8-11-20)25(30)27-19-9-12-22(21(17-19)26(31)32)28-13-15-29(16-14-28)23-5-3-4-6-24(23)34-2/h3-12,17H,13-16H2,1-2H3,(H,27,30)(H,31,32). The van der Waals surface area contributed by atoms with E-state index in [1.54, 1.807) is 50.6 Å². The quantitative estimate of drug-likeness (QED) is 0.550. The van der Waals surface area contributed by atoms with Gasteiger partial charge in [0.05, 0.1) is 31.2 Å². The fourth-order valence-corrected chi connectivity index (χ4v) is 4.09. The van der Waals surface area contributed by atoms with Gasteiger partial charge in [-0.2, -0.15) is 0 Å². The molecule has 176 valence electrons. The minimum absolute atomic E-state index is 0.151. The summed E-state index contributed by atoms with van der Waals surface area (Å²) in [5, 5.41) is 12.6. The van der Waals surface area contributed by atoms with E-state index in [1.165, 1.54) is 6.07 Å². The number of nitrogens with zero attached hydrogens (tertiary/aromatic N) is 2. The van der Waals surface area contributed by atoms with E-state index in [0.717, 1.165) is 24.5 Å². The molecule has 0 spiro atoms. The Bertz CT molecular complexity index is 1170. The summed E-state index contributed by atoms with van der Waals surface area (Å²) in [4.78, 5) is 28.9. The molecular weight excluding hydrogens is 434 g/mol. The minimum Gasteiger partial charge on any atom is -0.497 e. The van der Waals surface area contributed by atoms with E-state index in [9.17, 15) is 14.7 Å². The van der Waals surface area contributed by atoms with E-state index in [-0.39, 0.29) is 11.5 Å². The first-order valence-electron chi connectivity index (χ1n) is 11.0. The van der Waals surface area contributed by atoms with Gasteiger partial charge in [0.15, 0.2) is 0 Å². The van der Waals surface area contributed by atoms with E-state index in [0.29, 0.717) is 35.8 Å². The summed E-state index contributed by atoms with van der Waals surface area (Å²) in [6.07, 6.45) is 0. The maximum atomic E-state index is 12.6. The molecule has 0 aromatic heterocycles. The molecule has 1 saturated heterocycles. The number of carbonyl (C=O) groups is 2. The van der Waals surface area contributed by atoms with E-state index in [1.807, 2.05) is 24.3 Å². The van der Waals surface area contributed by atoms with E-state index in [4.69, 9.17) is 9.47 Å². The summed E-state index contributed by atoms with van der Waals surface area (Å²) in [5.74, 6) is 0.110. The highest BCUT2D eigenvalue weighted by atomic mass is 16.5. The number of hydrogen-bond donors (Lipinski definition) is 2. The molecule has 3 aromatic carbocycles. The number of para-hydroxylation sites is 2. The molecule has 8 nitrogen and oxygen atoms in total. The Hall–Kier alpha value is -4.20. The van der Waals surface area contributed by atoms with Gasteiger partial charge >= 0.3 is 5.97 Å². The van der Waals surface area contributed by atoms with Gasteiger partial charge < -0.3 is 29.7 Å². The normalized spacial score (nSPS) is 13.4. The third-order valence-electron chi connectivity index (χ3n) is 5.88. The smallest absolute Gasteiger partial charge is 0.337 e. The molecule has 1 aliphatic rings. The predicted molar refractivity (Wildman–Crippen MR) is 132 cm³/mol. The first-order chi connectivity index (χ1) is 16.5. The summed E-state index contributed by atoms with van der Waals surface area (Å²) in [6, 6.07) is 19.6. The maximum absolute atomic E-state index is 12.6. The van der Waals surface area contributed by atoms with Crippen LogP contribution in [0, 0.1) is 0 Å². The summed E-state index contributed by atoms with van der Waals surface area (Å²) in [5.41, 5.74) is 2.69. The molecule has 0 atom stereocenters. The van der Waals surface area contributed by atoms with Crippen molar-refractivity contribution >= 4 is 28.9 Å². The largest absolute Gasteiger partial charge is 0.497 e. The first kappa shape index (κ1) is 23.0. The number of anilines is 3. The van der Waals surface area contributed by atoms with Gasteiger partial charge in [-0.15, -0.1) is 0 Å². The zero-order chi connectivity index (χ0) is 24.1. The van der Waals surface area contributed by atoms with Crippen LogP contribution in [0.15, 0.2) is 66.7 Å². The number of hydrogen-bond acceptors (Lipinski definition) is 6. The molecule has 0 unspecified atom stereocenters. The van der Waals surface area contributed by atoms with Gasteiger partial charge in [0.2, 0.25) is 0 Å². The van der Waals surface area contributed by atoms with Crippen LogP contribution < -0.4 is 24.6 Å². The molecule has 34 heavy (non-hydrogen) atoms.